The normalized spacial score (nSPS) is 42.4. The molecule has 4 aliphatic rings. The summed E-state index contributed by atoms with van der Waals surface area (Å²) in [6.45, 7) is 0. The SMILES string of the molecule is NC(=O)O[C@@H](c1ccccc1)[C@H]1[C@H]2C[C@@H]3C[C@](Cl)(C2)C[C@@]1(Cl)C3. The molecule has 124 valence electrons. The van der Waals surface area contributed by atoms with Gasteiger partial charge in [-0.15, -0.1) is 23.2 Å². The lowest BCUT2D eigenvalue weighted by Gasteiger charge is -2.62. The van der Waals surface area contributed by atoms with E-state index in [0.717, 1.165) is 37.7 Å². The first-order valence-electron chi connectivity index (χ1n) is 8.27. The molecule has 23 heavy (non-hydrogen) atoms. The summed E-state index contributed by atoms with van der Waals surface area (Å²) in [5.41, 5.74) is 6.33. The maximum Gasteiger partial charge on any atom is 0.405 e. The van der Waals surface area contributed by atoms with Gasteiger partial charge in [0.2, 0.25) is 0 Å². The fourth-order valence-electron chi connectivity index (χ4n) is 5.63. The van der Waals surface area contributed by atoms with Crippen LogP contribution in [0, 0.1) is 17.8 Å². The lowest BCUT2D eigenvalue weighted by atomic mass is 9.49. The van der Waals surface area contributed by atoms with Gasteiger partial charge in [-0.1, -0.05) is 30.3 Å². The van der Waals surface area contributed by atoms with E-state index in [1.807, 2.05) is 30.3 Å². The summed E-state index contributed by atoms with van der Waals surface area (Å²) in [7, 11) is 0. The number of carbonyl (C=O) groups is 1. The zero-order valence-electron chi connectivity index (χ0n) is 12.9. The predicted molar refractivity (Wildman–Crippen MR) is 90.6 cm³/mol. The molecule has 1 aromatic rings. The minimum Gasteiger partial charge on any atom is -0.441 e. The number of hydrogen-bond acceptors (Lipinski definition) is 2. The monoisotopic (exact) mass is 353 g/mol. The summed E-state index contributed by atoms with van der Waals surface area (Å²) < 4.78 is 5.57. The molecule has 1 amide bonds. The molecule has 0 saturated heterocycles. The van der Waals surface area contributed by atoms with Crippen molar-refractivity contribution < 1.29 is 9.53 Å². The van der Waals surface area contributed by atoms with Gasteiger partial charge >= 0.3 is 6.09 Å². The van der Waals surface area contributed by atoms with E-state index >= 15 is 0 Å². The fraction of sp³-hybridized carbons (Fsp3) is 0.611. The number of ether oxygens (including phenoxy) is 1. The number of hydrogen-bond donors (Lipinski definition) is 1. The van der Waals surface area contributed by atoms with Crippen molar-refractivity contribution in [2.75, 3.05) is 0 Å². The Morgan fingerprint density at radius 1 is 1.22 bits per heavy atom. The molecule has 4 aliphatic carbocycles. The average Bonchev–Trinajstić information content (AvgIpc) is 2.43. The van der Waals surface area contributed by atoms with Crippen molar-refractivity contribution in [1.82, 2.24) is 0 Å². The van der Waals surface area contributed by atoms with E-state index in [0.29, 0.717) is 11.8 Å². The molecular weight excluding hydrogens is 333 g/mol. The van der Waals surface area contributed by atoms with Crippen molar-refractivity contribution in [3.8, 4) is 0 Å². The molecule has 0 radical (unpaired) electrons. The second-order valence-corrected chi connectivity index (χ2v) is 9.18. The number of carbonyl (C=O) groups excluding carboxylic acids is 1. The Bertz CT molecular complexity index is 625. The number of amides is 1. The summed E-state index contributed by atoms with van der Waals surface area (Å²) in [5.74, 6) is 1.05. The van der Waals surface area contributed by atoms with Gasteiger partial charge in [0, 0.05) is 10.8 Å². The molecule has 4 saturated carbocycles. The fourth-order valence-corrected chi connectivity index (χ4v) is 7.12. The summed E-state index contributed by atoms with van der Waals surface area (Å²) in [6, 6.07) is 9.82. The highest BCUT2D eigenvalue weighted by molar-refractivity contribution is 6.28. The minimum atomic E-state index is -0.742. The van der Waals surface area contributed by atoms with Crippen LogP contribution in [0.4, 0.5) is 4.79 Å². The van der Waals surface area contributed by atoms with E-state index in [4.69, 9.17) is 33.7 Å². The van der Waals surface area contributed by atoms with Gasteiger partial charge in [-0.25, -0.2) is 4.79 Å². The smallest absolute Gasteiger partial charge is 0.405 e. The number of rotatable bonds is 3. The molecule has 1 aromatic carbocycles. The molecule has 0 aromatic heterocycles. The van der Waals surface area contributed by atoms with E-state index in [1.165, 1.54) is 0 Å². The Morgan fingerprint density at radius 3 is 2.57 bits per heavy atom. The summed E-state index contributed by atoms with van der Waals surface area (Å²) in [4.78, 5) is 10.9. The van der Waals surface area contributed by atoms with Gasteiger partial charge in [-0.2, -0.15) is 0 Å². The third-order valence-electron chi connectivity index (χ3n) is 5.96. The Morgan fingerprint density at radius 2 is 1.96 bits per heavy atom. The predicted octanol–water partition coefficient (Wildman–Crippen LogP) is 4.62. The highest BCUT2D eigenvalue weighted by Gasteiger charge is 2.63. The van der Waals surface area contributed by atoms with E-state index in [1.54, 1.807) is 0 Å². The van der Waals surface area contributed by atoms with Crippen molar-refractivity contribution >= 4 is 29.3 Å². The van der Waals surface area contributed by atoms with Crippen molar-refractivity contribution in [3.63, 3.8) is 0 Å². The van der Waals surface area contributed by atoms with E-state index in [2.05, 4.69) is 0 Å². The van der Waals surface area contributed by atoms with Crippen LogP contribution >= 0.6 is 23.2 Å². The molecule has 4 bridgehead atoms. The van der Waals surface area contributed by atoms with Crippen LogP contribution in [-0.2, 0) is 4.74 Å². The number of nitrogens with two attached hydrogens (primary N) is 1. The topological polar surface area (TPSA) is 52.3 Å². The first kappa shape index (κ1) is 15.6. The average molecular weight is 354 g/mol. The molecule has 0 heterocycles. The Kier molecular flexibility index (Phi) is 3.58. The molecule has 2 N–H and O–H groups in total. The van der Waals surface area contributed by atoms with Crippen molar-refractivity contribution in [3.05, 3.63) is 35.9 Å². The van der Waals surface area contributed by atoms with Crippen LogP contribution < -0.4 is 5.73 Å². The maximum absolute atomic E-state index is 11.5. The molecule has 5 rings (SSSR count). The lowest BCUT2D eigenvalue weighted by molar-refractivity contribution is -0.0707. The summed E-state index contributed by atoms with van der Waals surface area (Å²) in [5, 5.41) is 0. The van der Waals surface area contributed by atoms with Crippen LogP contribution in [0.3, 0.4) is 0 Å². The zero-order chi connectivity index (χ0) is 16.2. The van der Waals surface area contributed by atoms with Crippen molar-refractivity contribution in [2.45, 2.75) is 48.0 Å². The van der Waals surface area contributed by atoms with Crippen LogP contribution in [-0.4, -0.2) is 15.8 Å². The van der Waals surface area contributed by atoms with Crippen LogP contribution in [0.15, 0.2) is 30.3 Å². The van der Waals surface area contributed by atoms with Gasteiger partial charge in [-0.3, -0.25) is 0 Å². The minimum absolute atomic E-state index is 0.0718. The molecule has 0 unspecified atom stereocenters. The van der Waals surface area contributed by atoms with Gasteiger partial charge < -0.3 is 10.5 Å². The van der Waals surface area contributed by atoms with Gasteiger partial charge in [-0.05, 0) is 49.5 Å². The Hall–Kier alpha value is -0.930. The summed E-state index contributed by atoms with van der Waals surface area (Å²) in [6.07, 6.45) is 3.75. The van der Waals surface area contributed by atoms with Crippen LogP contribution in [0.25, 0.3) is 0 Å². The standard InChI is InChI=1S/C18H21Cl2NO2/c19-17-7-11-6-13(9-17)14(18(20,8-11)10-17)15(23-16(21)22)12-4-2-1-3-5-12/h1-5,11,13-15H,6-10H2,(H2,21,22)/t11-,13+,14-,15+,17+,18+/m1/s1. The number of halogens is 2. The number of benzene rings is 1. The number of alkyl halides is 2. The highest BCUT2D eigenvalue weighted by atomic mass is 35.5. The van der Waals surface area contributed by atoms with Crippen molar-refractivity contribution in [1.29, 1.82) is 0 Å². The molecule has 5 heteroatoms. The van der Waals surface area contributed by atoms with E-state index in [9.17, 15) is 4.79 Å². The Balaban J connectivity index is 1.73. The van der Waals surface area contributed by atoms with E-state index in [-0.39, 0.29) is 10.8 Å². The second kappa shape index (κ2) is 5.29. The molecular formula is C18H21Cl2NO2. The quantitative estimate of drug-likeness (QED) is 0.806. The van der Waals surface area contributed by atoms with Crippen LogP contribution in [0.2, 0.25) is 0 Å². The zero-order valence-corrected chi connectivity index (χ0v) is 14.4. The third-order valence-corrected chi connectivity index (χ3v) is 6.94. The maximum atomic E-state index is 11.5. The largest absolute Gasteiger partial charge is 0.441 e. The highest BCUT2D eigenvalue weighted by Crippen LogP contribution is 2.67. The van der Waals surface area contributed by atoms with Gasteiger partial charge in [0.1, 0.15) is 6.10 Å². The molecule has 4 fully saturated rings. The van der Waals surface area contributed by atoms with E-state index < -0.39 is 17.1 Å². The first-order valence-corrected chi connectivity index (χ1v) is 9.03. The van der Waals surface area contributed by atoms with Crippen molar-refractivity contribution in [2.24, 2.45) is 23.5 Å². The molecule has 6 atom stereocenters. The van der Waals surface area contributed by atoms with Gasteiger partial charge in [0.25, 0.3) is 0 Å². The van der Waals surface area contributed by atoms with Crippen LogP contribution in [0.1, 0.15) is 43.8 Å². The van der Waals surface area contributed by atoms with Gasteiger partial charge in [0.05, 0.1) is 4.87 Å². The molecule has 0 spiro atoms. The van der Waals surface area contributed by atoms with Crippen LogP contribution in [0.5, 0.6) is 0 Å². The second-order valence-electron chi connectivity index (χ2n) is 7.63. The molecule has 0 aliphatic heterocycles. The Labute approximate surface area is 146 Å². The first-order chi connectivity index (χ1) is 10.9. The summed E-state index contributed by atoms with van der Waals surface area (Å²) >= 11 is 13.9. The third kappa shape index (κ3) is 2.62. The van der Waals surface area contributed by atoms with Gasteiger partial charge in [0.15, 0.2) is 0 Å². The molecule has 3 nitrogen and oxygen atoms in total. The lowest BCUT2D eigenvalue weighted by Crippen LogP contribution is -2.61. The number of primary amides is 1.